The highest BCUT2D eigenvalue weighted by atomic mass is 35.5. The number of carbonyl (C=O) groups excluding carboxylic acids is 1. The second kappa shape index (κ2) is 3.98. The summed E-state index contributed by atoms with van der Waals surface area (Å²) in [6, 6.07) is 5.33. The van der Waals surface area contributed by atoms with E-state index in [9.17, 15) is 4.79 Å². The number of nitrogens with zero attached hydrogens (tertiary/aromatic N) is 4. The van der Waals surface area contributed by atoms with Crippen LogP contribution in [0.15, 0.2) is 24.5 Å². The Kier molecular flexibility index (Phi) is 2.37. The van der Waals surface area contributed by atoms with Gasteiger partial charge in [0, 0.05) is 10.8 Å². The summed E-state index contributed by atoms with van der Waals surface area (Å²) in [6.45, 7) is 0. The van der Waals surface area contributed by atoms with Crippen molar-refractivity contribution in [3.8, 4) is 5.69 Å². The van der Waals surface area contributed by atoms with Gasteiger partial charge in [-0.2, -0.15) is 0 Å². The van der Waals surface area contributed by atoms with Crippen LogP contribution in [-0.2, 0) is 0 Å². The highest BCUT2D eigenvalue weighted by Crippen LogP contribution is 2.38. The van der Waals surface area contributed by atoms with Crippen molar-refractivity contribution in [1.82, 2.24) is 19.7 Å². The summed E-state index contributed by atoms with van der Waals surface area (Å²) < 4.78 is 1.89. The van der Waals surface area contributed by atoms with Crippen molar-refractivity contribution in [2.24, 2.45) is 0 Å². The maximum absolute atomic E-state index is 12.6. The number of hydrogen-bond acceptors (Lipinski definition) is 4. The monoisotopic (exact) mass is 292 g/mol. The average molecular weight is 293 g/mol. The highest BCUT2D eigenvalue weighted by molar-refractivity contribution is 7.99. The third kappa shape index (κ3) is 1.53. The summed E-state index contributed by atoms with van der Waals surface area (Å²) in [5.74, 6) is 2.37. The first-order chi connectivity index (χ1) is 9.25. The Morgan fingerprint density at radius 2 is 2.32 bits per heavy atom. The molecule has 0 N–H and O–H groups in total. The van der Waals surface area contributed by atoms with Gasteiger partial charge in [0.15, 0.2) is 5.82 Å². The third-order valence-corrected chi connectivity index (χ3v) is 4.71. The Morgan fingerprint density at radius 3 is 3.21 bits per heavy atom. The summed E-state index contributed by atoms with van der Waals surface area (Å²) in [6.07, 6.45) is 1.65. The van der Waals surface area contributed by atoms with Crippen LogP contribution in [0.25, 0.3) is 5.69 Å². The SMILES string of the molecule is O=C1c2cc(Cl)ccc2-n2cnnc2[C@@H]2CSCN12. The number of rotatable bonds is 0. The number of thioether (sulfide) groups is 1. The first-order valence-corrected chi connectivity index (χ1v) is 7.37. The summed E-state index contributed by atoms with van der Waals surface area (Å²) in [5.41, 5.74) is 1.41. The number of carbonyl (C=O) groups is 1. The second-order valence-corrected chi connectivity index (χ2v) is 5.95. The first-order valence-electron chi connectivity index (χ1n) is 5.84. The van der Waals surface area contributed by atoms with Gasteiger partial charge in [-0.25, -0.2) is 0 Å². The van der Waals surface area contributed by atoms with Gasteiger partial charge in [-0.15, -0.1) is 22.0 Å². The van der Waals surface area contributed by atoms with Crippen LogP contribution in [0.5, 0.6) is 0 Å². The smallest absolute Gasteiger partial charge is 0.257 e. The van der Waals surface area contributed by atoms with E-state index in [1.165, 1.54) is 0 Å². The van der Waals surface area contributed by atoms with E-state index >= 15 is 0 Å². The molecule has 5 nitrogen and oxygen atoms in total. The molecule has 7 heteroatoms. The molecule has 1 aromatic heterocycles. The predicted molar refractivity (Wildman–Crippen MR) is 72.6 cm³/mol. The van der Waals surface area contributed by atoms with Crippen molar-refractivity contribution in [3.63, 3.8) is 0 Å². The molecule has 4 rings (SSSR count). The standard InChI is InChI=1S/C12H9ClN4OS/c13-7-1-2-9-8(3-7)12(18)17-6-19-4-10(17)11-15-14-5-16(9)11/h1-3,5,10H,4,6H2/t10-/m0/s1. The van der Waals surface area contributed by atoms with Gasteiger partial charge in [0.1, 0.15) is 12.4 Å². The van der Waals surface area contributed by atoms with Crippen LogP contribution in [0, 0.1) is 0 Å². The fourth-order valence-corrected chi connectivity index (χ4v) is 3.88. The second-order valence-electron chi connectivity index (χ2n) is 4.51. The van der Waals surface area contributed by atoms with Crippen LogP contribution in [-0.4, -0.2) is 37.2 Å². The summed E-state index contributed by atoms with van der Waals surface area (Å²) >= 11 is 7.75. The lowest BCUT2D eigenvalue weighted by Crippen LogP contribution is -2.30. The van der Waals surface area contributed by atoms with E-state index in [-0.39, 0.29) is 11.9 Å². The molecule has 0 saturated carbocycles. The van der Waals surface area contributed by atoms with Crippen LogP contribution in [0.3, 0.4) is 0 Å². The van der Waals surface area contributed by atoms with Crippen molar-refractivity contribution in [3.05, 3.63) is 40.9 Å². The van der Waals surface area contributed by atoms with Gasteiger partial charge in [-0.3, -0.25) is 9.36 Å². The highest BCUT2D eigenvalue weighted by Gasteiger charge is 2.38. The fraction of sp³-hybridized carbons (Fsp3) is 0.250. The van der Waals surface area contributed by atoms with Gasteiger partial charge >= 0.3 is 0 Å². The van der Waals surface area contributed by atoms with Gasteiger partial charge in [0.2, 0.25) is 0 Å². The Hall–Kier alpha value is -1.53. The van der Waals surface area contributed by atoms with Crippen molar-refractivity contribution in [1.29, 1.82) is 0 Å². The molecule has 2 aliphatic heterocycles. The minimum atomic E-state index is -0.00817. The average Bonchev–Trinajstić information content (AvgIpc) is 3.04. The molecule has 0 unspecified atom stereocenters. The largest absolute Gasteiger partial charge is 0.318 e. The van der Waals surface area contributed by atoms with Crippen LogP contribution < -0.4 is 0 Å². The fourth-order valence-electron chi connectivity index (χ4n) is 2.56. The van der Waals surface area contributed by atoms with E-state index in [2.05, 4.69) is 10.2 Å². The Morgan fingerprint density at radius 1 is 1.42 bits per heavy atom. The minimum Gasteiger partial charge on any atom is -0.318 e. The molecule has 96 valence electrons. The maximum Gasteiger partial charge on any atom is 0.257 e. The maximum atomic E-state index is 12.6. The topological polar surface area (TPSA) is 51.0 Å². The number of amides is 1. The molecular formula is C12H9ClN4OS. The Bertz CT molecular complexity index is 686. The van der Waals surface area contributed by atoms with Crippen molar-refractivity contribution in [2.75, 3.05) is 11.6 Å². The molecule has 19 heavy (non-hydrogen) atoms. The lowest BCUT2D eigenvalue weighted by molar-refractivity contribution is 0.0747. The molecular weight excluding hydrogens is 284 g/mol. The number of hydrogen-bond donors (Lipinski definition) is 0. The van der Waals surface area contributed by atoms with Gasteiger partial charge in [-0.1, -0.05) is 11.6 Å². The Balaban J connectivity index is 2.03. The summed E-state index contributed by atoms with van der Waals surface area (Å²) in [5, 5.41) is 8.73. The molecule has 3 heterocycles. The first kappa shape index (κ1) is 11.3. The minimum absolute atomic E-state index is 0.00817. The molecule has 2 aliphatic rings. The van der Waals surface area contributed by atoms with Gasteiger partial charge in [0.25, 0.3) is 5.91 Å². The van der Waals surface area contributed by atoms with E-state index in [1.54, 1.807) is 30.2 Å². The zero-order valence-corrected chi connectivity index (χ0v) is 11.4. The molecule has 0 aliphatic carbocycles. The Labute approximate surface area is 118 Å². The van der Waals surface area contributed by atoms with Crippen molar-refractivity contribution in [2.45, 2.75) is 6.04 Å². The van der Waals surface area contributed by atoms with E-state index in [1.807, 2.05) is 15.5 Å². The zero-order valence-electron chi connectivity index (χ0n) is 9.78. The zero-order chi connectivity index (χ0) is 13.0. The third-order valence-electron chi connectivity index (χ3n) is 3.46. The lowest BCUT2D eigenvalue weighted by atomic mass is 10.1. The molecule has 0 radical (unpaired) electrons. The van der Waals surface area contributed by atoms with Gasteiger partial charge < -0.3 is 4.90 Å². The van der Waals surface area contributed by atoms with E-state index in [0.29, 0.717) is 16.5 Å². The summed E-state index contributed by atoms with van der Waals surface area (Å²) in [7, 11) is 0. The predicted octanol–water partition coefficient (Wildman–Crippen LogP) is 2.12. The molecule has 2 aromatic rings. The van der Waals surface area contributed by atoms with Crippen LogP contribution in [0.4, 0.5) is 0 Å². The van der Waals surface area contributed by atoms with E-state index < -0.39 is 0 Å². The van der Waals surface area contributed by atoms with Gasteiger partial charge in [0.05, 0.1) is 17.1 Å². The molecule has 0 bridgehead atoms. The quantitative estimate of drug-likeness (QED) is 0.746. The number of halogens is 1. The number of benzene rings is 1. The van der Waals surface area contributed by atoms with Crippen molar-refractivity contribution < 1.29 is 4.79 Å². The number of fused-ring (bicyclic) bond motifs is 5. The molecule has 1 aromatic carbocycles. The molecule has 0 spiro atoms. The normalized spacial score (nSPS) is 20.8. The molecule has 1 saturated heterocycles. The van der Waals surface area contributed by atoms with Crippen LogP contribution >= 0.6 is 23.4 Å². The molecule has 1 atom stereocenters. The van der Waals surface area contributed by atoms with Crippen molar-refractivity contribution >= 4 is 29.3 Å². The van der Waals surface area contributed by atoms with Crippen LogP contribution in [0.2, 0.25) is 5.02 Å². The van der Waals surface area contributed by atoms with Crippen LogP contribution in [0.1, 0.15) is 22.2 Å². The molecule has 1 fully saturated rings. The van der Waals surface area contributed by atoms with E-state index in [4.69, 9.17) is 11.6 Å². The number of aromatic nitrogens is 3. The summed E-state index contributed by atoms with van der Waals surface area (Å²) in [4.78, 5) is 14.5. The van der Waals surface area contributed by atoms with Gasteiger partial charge in [-0.05, 0) is 18.2 Å². The van der Waals surface area contributed by atoms with E-state index in [0.717, 1.165) is 17.3 Å². The lowest BCUT2D eigenvalue weighted by Gasteiger charge is -2.19. The molecule has 1 amide bonds.